The maximum atomic E-state index is 11.1. The molecule has 0 unspecified atom stereocenters. The Bertz CT molecular complexity index is 805. The Morgan fingerprint density at radius 3 is 2.71 bits per heavy atom. The average molecular weight is 347 g/mol. The molecule has 0 fully saturated rings. The minimum absolute atomic E-state index is 0.0119. The number of nitrogens with zero attached hydrogens (tertiary/aromatic N) is 6. The van der Waals surface area contributed by atoms with E-state index in [1.165, 1.54) is 12.3 Å². The molecule has 9 heteroatoms. The van der Waals surface area contributed by atoms with Gasteiger partial charge in [0.1, 0.15) is 0 Å². The Kier molecular flexibility index (Phi) is 3.40. The van der Waals surface area contributed by atoms with Crippen LogP contribution in [0.2, 0.25) is 0 Å². The number of tetrazole rings is 1. The number of nitro groups is 1. The van der Waals surface area contributed by atoms with Crippen molar-refractivity contribution in [2.45, 2.75) is 0 Å². The zero-order chi connectivity index (χ0) is 14.8. The van der Waals surface area contributed by atoms with Crippen LogP contribution in [0.15, 0.2) is 47.1 Å². The Balaban J connectivity index is 2.07. The molecule has 0 N–H and O–H groups in total. The molecule has 1 aromatic carbocycles. The molecule has 21 heavy (non-hydrogen) atoms. The van der Waals surface area contributed by atoms with Gasteiger partial charge in [0.05, 0.1) is 4.92 Å². The van der Waals surface area contributed by atoms with Crippen LogP contribution in [0.5, 0.6) is 0 Å². The maximum Gasteiger partial charge on any atom is 0.316 e. The summed E-state index contributed by atoms with van der Waals surface area (Å²) in [7, 11) is 0. The zero-order valence-electron chi connectivity index (χ0n) is 10.4. The minimum atomic E-state index is -0.543. The number of hydrogen-bond acceptors (Lipinski definition) is 6. The third-order valence-corrected chi connectivity index (χ3v) is 3.08. The van der Waals surface area contributed by atoms with Crippen molar-refractivity contribution in [1.82, 2.24) is 25.2 Å². The smallest absolute Gasteiger partial charge is 0.258 e. The molecule has 0 spiro atoms. The van der Waals surface area contributed by atoms with Gasteiger partial charge in [-0.1, -0.05) is 30.3 Å². The normalized spacial score (nSPS) is 10.5. The highest BCUT2D eigenvalue weighted by molar-refractivity contribution is 9.10. The van der Waals surface area contributed by atoms with Crippen molar-refractivity contribution in [1.29, 1.82) is 0 Å². The lowest BCUT2D eigenvalue weighted by Gasteiger charge is -1.99. The highest BCUT2D eigenvalue weighted by Crippen LogP contribution is 2.23. The Morgan fingerprint density at radius 2 is 2.00 bits per heavy atom. The van der Waals surface area contributed by atoms with E-state index in [0.29, 0.717) is 10.3 Å². The molecule has 0 radical (unpaired) electrons. The highest BCUT2D eigenvalue weighted by Gasteiger charge is 2.20. The summed E-state index contributed by atoms with van der Waals surface area (Å²) in [5.74, 6) is 0.382. The molecule has 0 saturated heterocycles. The van der Waals surface area contributed by atoms with Gasteiger partial charge in [-0.25, -0.2) is 4.98 Å². The van der Waals surface area contributed by atoms with Crippen LogP contribution in [0.1, 0.15) is 0 Å². The van der Waals surface area contributed by atoms with Gasteiger partial charge in [0.2, 0.25) is 5.82 Å². The van der Waals surface area contributed by atoms with Crippen molar-refractivity contribution >= 4 is 21.6 Å². The average Bonchev–Trinajstić information content (AvgIpc) is 2.97. The standard InChI is InChI=1S/C12H7BrN6O2/c13-9-6-10(19(20)21)12(14-7-9)18-16-11(15-17-18)8-4-2-1-3-5-8/h1-7H. The number of aromatic nitrogens is 5. The molecule has 0 aliphatic rings. The van der Waals surface area contributed by atoms with Crippen LogP contribution in [-0.2, 0) is 0 Å². The van der Waals surface area contributed by atoms with Gasteiger partial charge < -0.3 is 0 Å². The SMILES string of the molecule is O=[N+]([O-])c1cc(Br)cnc1-n1nnc(-c2ccccc2)n1. The molecule has 0 atom stereocenters. The van der Waals surface area contributed by atoms with E-state index in [2.05, 4.69) is 36.3 Å². The van der Waals surface area contributed by atoms with Crippen LogP contribution in [0, 0.1) is 10.1 Å². The minimum Gasteiger partial charge on any atom is -0.258 e. The Labute approximate surface area is 126 Å². The van der Waals surface area contributed by atoms with E-state index < -0.39 is 4.92 Å². The molecule has 2 aromatic heterocycles. The van der Waals surface area contributed by atoms with Crippen LogP contribution in [0.4, 0.5) is 5.69 Å². The number of benzene rings is 1. The van der Waals surface area contributed by atoms with Crippen molar-refractivity contribution in [3.8, 4) is 17.2 Å². The van der Waals surface area contributed by atoms with Gasteiger partial charge in [0.25, 0.3) is 5.82 Å². The first-order valence-electron chi connectivity index (χ1n) is 5.81. The summed E-state index contributed by atoms with van der Waals surface area (Å²) in [5.41, 5.74) is 0.560. The number of hydrogen-bond donors (Lipinski definition) is 0. The summed E-state index contributed by atoms with van der Waals surface area (Å²) in [5, 5.41) is 22.9. The Hall–Kier alpha value is -2.68. The van der Waals surface area contributed by atoms with Gasteiger partial charge in [0, 0.05) is 22.3 Å². The molecule has 0 bridgehead atoms. The van der Waals surface area contributed by atoms with E-state index in [1.807, 2.05) is 30.3 Å². The summed E-state index contributed by atoms with van der Waals surface area (Å²) in [6.45, 7) is 0. The monoisotopic (exact) mass is 346 g/mol. The number of pyridine rings is 1. The second-order valence-electron chi connectivity index (χ2n) is 4.02. The molecule has 3 rings (SSSR count). The second-order valence-corrected chi connectivity index (χ2v) is 4.94. The number of rotatable bonds is 3. The maximum absolute atomic E-state index is 11.1. The topological polar surface area (TPSA) is 99.6 Å². The van der Waals surface area contributed by atoms with Crippen molar-refractivity contribution in [2.24, 2.45) is 0 Å². The predicted molar refractivity (Wildman–Crippen MR) is 76.7 cm³/mol. The molecular weight excluding hydrogens is 340 g/mol. The fourth-order valence-corrected chi connectivity index (χ4v) is 2.04. The van der Waals surface area contributed by atoms with Gasteiger partial charge in [-0.05, 0) is 21.1 Å². The van der Waals surface area contributed by atoms with Crippen LogP contribution in [-0.4, -0.2) is 30.1 Å². The van der Waals surface area contributed by atoms with E-state index in [4.69, 9.17) is 0 Å². The summed E-state index contributed by atoms with van der Waals surface area (Å²) >= 11 is 3.15. The first-order valence-corrected chi connectivity index (χ1v) is 6.60. The van der Waals surface area contributed by atoms with Crippen molar-refractivity contribution < 1.29 is 4.92 Å². The third-order valence-electron chi connectivity index (χ3n) is 2.65. The molecule has 0 aliphatic heterocycles. The third kappa shape index (κ3) is 2.63. The largest absolute Gasteiger partial charge is 0.316 e. The first kappa shape index (κ1) is 13.3. The van der Waals surface area contributed by atoms with Crippen LogP contribution < -0.4 is 0 Å². The lowest BCUT2D eigenvalue weighted by molar-refractivity contribution is -0.385. The predicted octanol–water partition coefficient (Wildman–Crippen LogP) is 2.39. The number of halogens is 1. The van der Waals surface area contributed by atoms with Crippen molar-refractivity contribution in [3.05, 3.63) is 57.2 Å². The van der Waals surface area contributed by atoms with E-state index in [9.17, 15) is 10.1 Å². The molecule has 8 nitrogen and oxygen atoms in total. The Morgan fingerprint density at radius 1 is 1.24 bits per heavy atom. The van der Waals surface area contributed by atoms with Crippen LogP contribution in [0.3, 0.4) is 0 Å². The fraction of sp³-hybridized carbons (Fsp3) is 0. The van der Waals surface area contributed by atoms with Gasteiger partial charge >= 0.3 is 5.69 Å². The van der Waals surface area contributed by atoms with Gasteiger partial charge in [-0.3, -0.25) is 10.1 Å². The van der Waals surface area contributed by atoms with Crippen LogP contribution in [0.25, 0.3) is 17.2 Å². The summed E-state index contributed by atoms with van der Waals surface area (Å²) in [6, 6.07) is 10.5. The molecular formula is C12H7BrN6O2. The first-order chi connectivity index (χ1) is 10.1. The summed E-state index contributed by atoms with van der Waals surface area (Å²) in [6.07, 6.45) is 1.44. The van der Waals surface area contributed by atoms with Crippen LogP contribution >= 0.6 is 15.9 Å². The van der Waals surface area contributed by atoms with E-state index in [1.54, 1.807) is 0 Å². The molecule has 104 valence electrons. The molecule has 0 amide bonds. The lowest BCUT2D eigenvalue weighted by atomic mass is 10.2. The van der Waals surface area contributed by atoms with Gasteiger partial charge in [-0.15, -0.1) is 15.0 Å². The van der Waals surface area contributed by atoms with Gasteiger partial charge in [-0.2, -0.15) is 0 Å². The molecule has 2 heterocycles. The molecule has 0 saturated carbocycles. The van der Waals surface area contributed by atoms with E-state index in [0.717, 1.165) is 10.4 Å². The highest BCUT2D eigenvalue weighted by atomic mass is 79.9. The van der Waals surface area contributed by atoms with Gasteiger partial charge in [0.15, 0.2) is 0 Å². The fourth-order valence-electron chi connectivity index (χ4n) is 1.72. The molecule has 0 aliphatic carbocycles. The van der Waals surface area contributed by atoms with E-state index >= 15 is 0 Å². The van der Waals surface area contributed by atoms with Crippen molar-refractivity contribution in [3.63, 3.8) is 0 Å². The molecule has 3 aromatic rings. The summed E-state index contributed by atoms with van der Waals surface area (Å²) in [4.78, 5) is 15.6. The van der Waals surface area contributed by atoms with E-state index in [-0.39, 0.29) is 11.5 Å². The quantitative estimate of drug-likeness (QED) is 0.533. The zero-order valence-corrected chi connectivity index (χ0v) is 12.0. The van der Waals surface area contributed by atoms with Crippen molar-refractivity contribution in [2.75, 3.05) is 0 Å². The lowest BCUT2D eigenvalue weighted by Crippen LogP contribution is -2.06. The summed E-state index contributed by atoms with van der Waals surface area (Å²) < 4.78 is 0.501. The second kappa shape index (κ2) is 5.37.